The number of sulfone groups is 1. The van der Waals surface area contributed by atoms with Crippen LogP contribution in [0.5, 0.6) is 5.75 Å². The lowest BCUT2D eigenvalue weighted by Crippen LogP contribution is -2.07. The summed E-state index contributed by atoms with van der Waals surface area (Å²) in [4.78, 5) is 4.50. The van der Waals surface area contributed by atoms with E-state index in [4.69, 9.17) is 20.8 Å². The van der Waals surface area contributed by atoms with Gasteiger partial charge in [-0.25, -0.2) is 8.42 Å². The van der Waals surface area contributed by atoms with Crippen molar-refractivity contribution in [1.82, 2.24) is 4.98 Å². The Morgan fingerprint density at radius 2 is 1.62 bits per heavy atom. The molecule has 1 aromatic heterocycles. The quantitative estimate of drug-likeness (QED) is 0.371. The smallest absolute Gasteiger partial charge is 0.234 e. The minimum absolute atomic E-state index is 0.0753. The van der Waals surface area contributed by atoms with E-state index in [0.717, 1.165) is 11.1 Å². The third-order valence-corrected chi connectivity index (χ3v) is 6.82. The molecule has 0 saturated heterocycles. The molecule has 32 heavy (non-hydrogen) atoms. The molecule has 3 aromatic carbocycles. The number of ether oxygens (including phenoxy) is 1. The van der Waals surface area contributed by atoms with Gasteiger partial charge in [0.05, 0.1) is 12.0 Å². The zero-order chi connectivity index (χ0) is 22.7. The van der Waals surface area contributed by atoms with Crippen molar-refractivity contribution in [2.24, 2.45) is 0 Å². The zero-order valence-corrected chi connectivity index (χ0v) is 19.1. The normalized spacial score (nSPS) is 11.3. The zero-order valence-electron chi connectivity index (χ0n) is 17.5. The van der Waals surface area contributed by atoms with Gasteiger partial charge in [-0.15, -0.1) is 0 Å². The molecule has 0 fully saturated rings. The van der Waals surface area contributed by atoms with Gasteiger partial charge in [-0.2, -0.15) is 4.98 Å². The van der Waals surface area contributed by atoms with E-state index in [9.17, 15) is 8.42 Å². The van der Waals surface area contributed by atoms with Crippen molar-refractivity contribution in [1.29, 1.82) is 0 Å². The molecule has 1 N–H and O–H groups in total. The Balaban J connectivity index is 1.74. The van der Waals surface area contributed by atoms with Gasteiger partial charge in [0.2, 0.25) is 26.6 Å². The van der Waals surface area contributed by atoms with Crippen LogP contribution in [0.2, 0.25) is 5.02 Å². The molecule has 8 heteroatoms. The number of rotatable bonds is 7. The fourth-order valence-corrected chi connectivity index (χ4v) is 4.48. The van der Waals surface area contributed by atoms with E-state index in [1.54, 1.807) is 67.8 Å². The Morgan fingerprint density at radius 3 is 2.25 bits per heavy atom. The lowest BCUT2D eigenvalue weighted by molar-refractivity contribution is 0.415. The molecule has 1 heterocycles. The van der Waals surface area contributed by atoms with Gasteiger partial charge in [0, 0.05) is 17.1 Å². The van der Waals surface area contributed by atoms with Gasteiger partial charge in [0.1, 0.15) is 5.75 Å². The molecule has 0 atom stereocenters. The highest BCUT2D eigenvalue weighted by molar-refractivity contribution is 7.91. The molecule has 0 unspecified atom stereocenters. The maximum Gasteiger partial charge on any atom is 0.234 e. The standard InChI is InChI=1S/C24H21ClN2O4S/c1-16-3-13-21(14-4-16)32(28,29)24-23(26-15-17-5-9-19(25)10-6-17)31-22(27-24)18-7-11-20(30-2)12-8-18/h3-14,26H,15H2,1-2H3. The van der Waals surface area contributed by atoms with Crippen molar-refractivity contribution in [3.05, 3.63) is 88.9 Å². The van der Waals surface area contributed by atoms with Gasteiger partial charge < -0.3 is 14.5 Å². The van der Waals surface area contributed by atoms with Crippen molar-refractivity contribution in [2.75, 3.05) is 12.4 Å². The molecule has 0 radical (unpaired) electrons. The summed E-state index contributed by atoms with van der Waals surface area (Å²) in [5.74, 6) is 0.942. The lowest BCUT2D eigenvalue weighted by Gasteiger charge is -2.07. The molecule has 0 bridgehead atoms. The second-order valence-electron chi connectivity index (χ2n) is 7.18. The van der Waals surface area contributed by atoms with Gasteiger partial charge in [-0.3, -0.25) is 0 Å². The molecular formula is C24H21ClN2O4S. The molecule has 0 amide bonds. The summed E-state index contributed by atoms with van der Waals surface area (Å²) in [5.41, 5.74) is 2.50. The van der Waals surface area contributed by atoms with Crippen molar-refractivity contribution in [3.8, 4) is 17.2 Å². The van der Waals surface area contributed by atoms with E-state index in [2.05, 4.69) is 10.3 Å². The number of aryl methyl sites for hydroxylation is 1. The van der Waals surface area contributed by atoms with Gasteiger partial charge in [0.15, 0.2) is 0 Å². The number of oxazole rings is 1. The number of nitrogens with zero attached hydrogens (tertiary/aromatic N) is 1. The Morgan fingerprint density at radius 1 is 0.969 bits per heavy atom. The van der Waals surface area contributed by atoms with Gasteiger partial charge >= 0.3 is 0 Å². The number of benzene rings is 3. The summed E-state index contributed by atoms with van der Waals surface area (Å²) in [5, 5.41) is 3.53. The van der Waals surface area contributed by atoms with E-state index in [1.807, 2.05) is 19.1 Å². The van der Waals surface area contributed by atoms with Crippen molar-refractivity contribution < 1.29 is 17.6 Å². The maximum absolute atomic E-state index is 13.4. The molecule has 4 aromatic rings. The minimum Gasteiger partial charge on any atom is -0.497 e. The second-order valence-corrected chi connectivity index (χ2v) is 9.48. The highest BCUT2D eigenvalue weighted by Gasteiger charge is 2.28. The number of aromatic nitrogens is 1. The van der Waals surface area contributed by atoms with Crippen LogP contribution in [0.15, 0.2) is 87.1 Å². The average Bonchev–Trinajstić information content (AvgIpc) is 3.24. The minimum atomic E-state index is -3.91. The SMILES string of the molecule is COc1ccc(-c2nc(S(=O)(=O)c3ccc(C)cc3)c(NCc3ccc(Cl)cc3)o2)cc1. The van der Waals surface area contributed by atoms with Gasteiger partial charge in [-0.05, 0) is 61.0 Å². The maximum atomic E-state index is 13.4. The van der Waals surface area contributed by atoms with Crippen LogP contribution in [0.4, 0.5) is 5.88 Å². The third kappa shape index (κ3) is 4.64. The molecule has 0 aliphatic carbocycles. The molecule has 4 rings (SSSR count). The highest BCUT2D eigenvalue weighted by atomic mass is 35.5. The molecule has 0 aliphatic heterocycles. The molecule has 0 saturated carbocycles. The van der Waals surface area contributed by atoms with Crippen molar-refractivity contribution in [2.45, 2.75) is 23.4 Å². The number of methoxy groups -OCH3 is 1. The Kier molecular flexibility index (Phi) is 6.21. The Labute approximate surface area is 191 Å². The summed E-state index contributed by atoms with van der Waals surface area (Å²) < 4.78 is 37.8. The largest absolute Gasteiger partial charge is 0.497 e. The molecule has 0 aliphatic rings. The molecule has 0 spiro atoms. The first-order valence-electron chi connectivity index (χ1n) is 9.82. The topological polar surface area (TPSA) is 81.4 Å². The predicted molar refractivity (Wildman–Crippen MR) is 124 cm³/mol. The monoisotopic (exact) mass is 468 g/mol. The Hall–Kier alpha value is -3.29. The summed E-state index contributed by atoms with van der Waals surface area (Å²) in [6.07, 6.45) is 0. The van der Waals surface area contributed by atoms with E-state index in [0.29, 0.717) is 22.9 Å². The number of hydrogen-bond donors (Lipinski definition) is 1. The summed E-state index contributed by atoms with van der Waals surface area (Å²) in [6.45, 7) is 2.23. The van der Waals surface area contributed by atoms with Crippen LogP contribution in [0.3, 0.4) is 0 Å². The number of hydrogen-bond acceptors (Lipinski definition) is 6. The third-order valence-electron chi connectivity index (χ3n) is 4.89. The van der Waals surface area contributed by atoms with Crippen LogP contribution in [-0.4, -0.2) is 20.5 Å². The van der Waals surface area contributed by atoms with E-state index < -0.39 is 9.84 Å². The fourth-order valence-electron chi connectivity index (χ4n) is 3.07. The first-order chi connectivity index (χ1) is 15.4. The molecule has 6 nitrogen and oxygen atoms in total. The summed E-state index contributed by atoms with van der Waals surface area (Å²) in [6, 6.07) is 20.9. The van der Waals surface area contributed by atoms with E-state index in [-0.39, 0.29) is 21.7 Å². The summed E-state index contributed by atoms with van der Waals surface area (Å²) >= 11 is 5.95. The van der Waals surface area contributed by atoms with Crippen LogP contribution in [-0.2, 0) is 16.4 Å². The number of nitrogens with one attached hydrogen (secondary N) is 1. The number of anilines is 1. The lowest BCUT2D eigenvalue weighted by atomic mass is 10.2. The summed E-state index contributed by atoms with van der Waals surface area (Å²) in [7, 11) is -2.34. The molecular weight excluding hydrogens is 448 g/mol. The van der Waals surface area contributed by atoms with Crippen LogP contribution < -0.4 is 10.1 Å². The van der Waals surface area contributed by atoms with Crippen LogP contribution in [0.1, 0.15) is 11.1 Å². The first-order valence-corrected chi connectivity index (χ1v) is 11.7. The van der Waals surface area contributed by atoms with Crippen molar-refractivity contribution >= 4 is 27.3 Å². The van der Waals surface area contributed by atoms with Gasteiger partial charge in [0.25, 0.3) is 0 Å². The highest BCUT2D eigenvalue weighted by Crippen LogP contribution is 2.33. The Bertz CT molecular complexity index is 1310. The van der Waals surface area contributed by atoms with E-state index >= 15 is 0 Å². The van der Waals surface area contributed by atoms with Crippen LogP contribution >= 0.6 is 11.6 Å². The van der Waals surface area contributed by atoms with E-state index in [1.165, 1.54) is 0 Å². The van der Waals surface area contributed by atoms with Crippen LogP contribution in [0, 0.1) is 6.92 Å². The second kappa shape index (κ2) is 9.06. The average molecular weight is 469 g/mol. The molecule has 164 valence electrons. The van der Waals surface area contributed by atoms with Crippen molar-refractivity contribution in [3.63, 3.8) is 0 Å². The van der Waals surface area contributed by atoms with Crippen LogP contribution in [0.25, 0.3) is 11.5 Å². The first kappa shape index (κ1) is 21.9. The van der Waals surface area contributed by atoms with Gasteiger partial charge in [-0.1, -0.05) is 41.4 Å². The number of halogens is 1. The fraction of sp³-hybridized carbons (Fsp3) is 0.125. The predicted octanol–water partition coefficient (Wildman–Crippen LogP) is 5.76.